The Morgan fingerprint density at radius 3 is 2.30 bits per heavy atom. The third-order valence-electron chi connectivity index (χ3n) is 3.70. The van der Waals surface area contributed by atoms with E-state index >= 15 is 0 Å². The zero-order valence-electron chi connectivity index (χ0n) is 14.0. The molecule has 3 rings (SSSR count). The van der Waals surface area contributed by atoms with E-state index in [-0.39, 0.29) is 5.56 Å². The summed E-state index contributed by atoms with van der Waals surface area (Å²) in [5, 5.41) is 5.83. The normalized spacial score (nSPS) is 10.1. The quantitative estimate of drug-likeness (QED) is 0.654. The first kappa shape index (κ1) is 18.3. The summed E-state index contributed by atoms with van der Waals surface area (Å²) < 4.78 is 0. The second-order valence-corrected chi connectivity index (χ2v) is 5.99. The van der Waals surface area contributed by atoms with Crippen LogP contribution in [-0.2, 0) is 0 Å². The fourth-order valence-corrected chi connectivity index (χ4v) is 2.44. The zero-order chi connectivity index (χ0) is 19.2. The van der Waals surface area contributed by atoms with Gasteiger partial charge in [0.25, 0.3) is 11.8 Å². The lowest BCUT2D eigenvalue weighted by molar-refractivity contribution is 0.102. The van der Waals surface area contributed by atoms with Crippen LogP contribution in [0.15, 0.2) is 66.9 Å². The molecule has 0 aliphatic heterocycles. The first-order valence-corrected chi connectivity index (χ1v) is 8.33. The first-order valence-electron chi connectivity index (χ1n) is 7.95. The van der Waals surface area contributed by atoms with Crippen molar-refractivity contribution in [2.75, 3.05) is 10.6 Å². The maximum Gasteiger partial charge on any atom is 0.258 e. The van der Waals surface area contributed by atoms with E-state index in [1.54, 1.807) is 60.7 Å². The molecule has 0 saturated heterocycles. The Balaban J connectivity index is 1.78. The van der Waals surface area contributed by atoms with Gasteiger partial charge < -0.3 is 10.6 Å². The number of anilines is 2. The number of carbonyl (C=O) groups is 3. The Labute approximate surface area is 160 Å². The Kier molecular flexibility index (Phi) is 5.58. The van der Waals surface area contributed by atoms with Gasteiger partial charge in [0, 0.05) is 17.3 Å². The smallest absolute Gasteiger partial charge is 0.258 e. The van der Waals surface area contributed by atoms with Gasteiger partial charge in [-0.2, -0.15) is 0 Å². The Morgan fingerprint density at radius 1 is 0.889 bits per heavy atom. The molecule has 2 N–H and O–H groups in total. The number of amides is 2. The highest BCUT2D eigenvalue weighted by atomic mass is 35.5. The van der Waals surface area contributed by atoms with Gasteiger partial charge in [-0.25, -0.2) is 4.98 Å². The summed E-state index contributed by atoms with van der Waals surface area (Å²) in [5.74, 6) is -0.468. The minimum absolute atomic E-state index is 0.284. The molecule has 27 heavy (non-hydrogen) atoms. The number of rotatable bonds is 5. The molecule has 3 aromatic rings. The molecule has 134 valence electrons. The number of aldehydes is 1. The van der Waals surface area contributed by atoms with Crippen molar-refractivity contribution in [2.45, 2.75) is 0 Å². The Morgan fingerprint density at radius 2 is 1.63 bits per heavy atom. The van der Waals surface area contributed by atoms with E-state index < -0.39 is 11.8 Å². The number of aromatic nitrogens is 1. The minimum Gasteiger partial charge on any atom is -0.321 e. The number of nitrogens with zero attached hydrogens (tertiary/aromatic N) is 1. The number of pyridine rings is 1. The van der Waals surface area contributed by atoms with E-state index in [1.807, 2.05) is 0 Å². The summed E-state index contributed by atoms with van der Waals surface area (Å²) in [5.41, 5.74) is 1.48. The minimum atomic E-state index is -0.419. The maximum atomic E-state index is 12.5. The highest BCUT2D eigenvalue weighted by Gasteiger charge is 2.14. The first-order chi connectivity index (χ1) is 13.1. The van der Waals surface area contributed by atoms with Gasteiger partial charge in [-0.05, 0) is 36.4 Å². The predicted octanol–water partition coefficient (Wildman–Crippen LogP) is 4.05. The largest absolute Gasteiger partial charge is 0.321 e. The van der Waals surface area contributed by atoms with Crippen LogP contribution in [0.4, 0.5) is 11.5 Å². The summed E-state index contributed by atoms with van der Waals surface area (Å²) >= 11 is 5.78. The molecule has 2 amide bonds. The molecule has 0 radical (unpaired) electrons. The van der Waals surface area contributed by atoms with E-state index in [2.05, 4.69) is 15.6 Å². The van der Waals surface area contributed by atoms with Gasteiger partial charge in [0.05, 0.1) is 16.3 Å². The molecule has 0 bridgehead atoms. The Hall–Kier alpha value is -3.51. The van der Waals surface area contributed by atoms with Crippen LogP contribution in [0.5, 0.6) is 0 Å². The predicted molar refractivity (Wildman–Crippen MR) is 103 cm³/mol. The standard InChI is InChI=1S/C20H14ClN3O3/c21-15-9-10-18(22-11-15)24-20(27)16-3-1-2-4-17(16)23-19(26)14-7-5-13(12-25)6-8-14/h1-12H,(H,23,26)(H,22,24,27). The molecular formula is C20H14ClN3O3. The number of nitrogens with one attached hydrogen (secondary N) is 2. The average Bonchev–Trinajstić information content (AvgIpc) is 2.70. The lowest BCUT2D eigenvalue weighted by atomic mass is 10.1. The van der Waals surface area contributed by atoms with Crippen molar-refractivity contribution >= 4 is 41.2 Å². The number of hydrogen-bond donors (Lipinski definition) is 2. The topological polar surface area (TPSA) is 88.2 Å². The van der Waals surface area contributed by atoms with Gasteiger partial charge in [0.1, 0.15) is 12.1 Å². The van der Waals surface area contributed by atoms with Gasteiger partial charge in [0.2, 0.25) is 0 Å². The van der Waals surface area contributed by atoms with E-state index in [1.165, 1.54) is 6.20 Å². The SMILES string of the molecule is O=Cc1ccc(C(=O)Nc2ccccc2C(=O)Nc2ccc(Cl)cn2)cc1. The van der Waals surface area contributed by atoms with Crippen LogP contribution in [0, 0.1) is 0 Å². The second-order valence-electron chi connectivity index (χ2n) is 5.56. The molecule has 2 aromatic carbocycles. The van der Waals surface area contributed by atoms with Crippen LogP contribution in [-0.4, -0.2) is 23.1 Å². The summed E-state index contributed by atoms with van der Waals surface area (Å²) in [6.07, 6.45) is 2.12. The average molecular weight is 380 g/mol. The van der Waals surface area contributed by atoms with Gasteiger partial charge >= 0.3 is 0 Å². The summed E-state index contributed by atoms with van der Waals surface area (Å²) in [7, 11) is 0. The van der Waals surface area contributed by atoms with Gasteiger partial charge in [-0.3, -0.25) is 14.4 Å². The fraction of sp³-hybridized carbons (Fsp3) is 0. The van der Waals surface area contributed by atoms with Crippen molar-refractivity contribution < 1.29 is 14.4 Å². The third kappa shape index (κ3) is 4.56. The number of benzene rings is 2. The maximum absolute atomic E-state index is 12.5. The van der Waals surface area contributed by atoms with Crippen LogP contribution in [0.1, 0.15) is 31.1 Å². The summed E-state index contributed by atoms with van der Waals surface area (Å²) in [6.45, 7) is 0. The monoisotopic (exact) mass is 379 g/mol. The molecule has 0 saturated carbocycles. The Bertz CT molecular complexity index is 986. The number of halogens is 1. The molecule has 0 aliphatic carbocycles. The van der Waals surface area contributed by atoms with Crippen LogP contribution in [0.25, 0.3) is 0 Å². The van der Waals surface area contributed by atoms with Gasteiger partial charge in [-0.1, -0.05) is 35.9 Å². The molecule has 0 unspecified atom stereocenters. The van der Waals surface area contributed by atoms with Crippen molar-refractivity contribution in [3.8, 4) is 0 Å². The summed E-state index contributed by atoms with van der Waals surface area (Å²) in [4.78, 5) is 39.7. The van der Waals surface area contributed by atoms with E-state index in [9.17, 15) is 14.4 Å². The second kappa shape index (κ2) is 8.25. The van der Waals surface area contributed by atoms with Gasteiger partial charge in [0.15, 0.2) is 0 Å². The lowest BCUT2D eigenvalue weighted by Gasteiger charge is -2.11. The van der Waals surface area contributed by atoms with Crippen molar-refractivity contribution in [1.82, 2.24) is 4.98 Å². The van der Waals surface area contributed by atoms with Crippen LogP contribution in [0.3, 0.4) is 0 Å². The van der Waals surface area contributed by atoms with Crippen LogP contribution >= 0.6 is 11.6 Å². The third-order valence-corrected chi connectivity index (χ3v) is 3.92. The molecule has 0 atom stereocenters. The molecule has 6 nitrogen and oxygen atoms in total. The van der Waals surface area contributed by atoms with E-state index in [0.717, 1.165) is 0 Å². The number of para-hydroxylation sites is 1. The fourth-order valence-electron chi connectivity index (χ4n) is 2.33. The number of hydrogen-bond acceptors (Lipinski definition) is 4. The van der Waals surface area contributed by atoms with Crippen molar-refractivity contribution in [1.29, 1.82) is 0 Å². The molecule has 1 heterocycles. The zero-order valence-corrected chi connectivity index (χ0v) is 14.7. The van der Waals surface area contributed by atoms with E-state index in [0.29, 0.717) is 33.9 Å². The molecular weight excluding hydrogens is 366 g/mol. The molecule has 0 fully saturated rings. The van der Waals surface area contributed by atoms with Crippen molar-refractivity contribution in [3.05, 3.63) is 88.6 Å². The van der Waals surface area contributed by atoms with Gasteiger partial charge in [-0.15, -0.1) is 0 Å². The molecule has 0 aliphatic rings. The van der Waals surface area contributed by atoms with Crippen molar-refractivity contribution in [2.24, 2.45) is 0 Å². The molecule has 1 aromatic heterocycles. The van der Waals surface area contributed by atoms with Crippen molar-refractivity contribution in [3.63, 3.8) is 0 Å². The molecule has 0 spiro atoms. The number of carbonyl (C=O) groups excluding carboxylic acids is 3. The van der Waals surface area contributed by atoms with Crippen LogP contribution < -0.4 is 10.6 Å². The van der Waals surface area contributed by atoms with E-state index in [4.69, 9.17) is 11.6 Å². The van der Waals surface area contributed by atoms with Crippen LogP contribution in [0.2, 0.25) is 5.02 Å². The summed E-state index contributed by atoms with van der Waals surface area (Å²) in [6, 6.07) is 16.0. The molecule has 7 heteroatoms. The lowest BCUT2D eigenvalue weighted by Crippen LogP contribution is -2.18. The highest BCUT2D eigenvalue weighted by molar-refractivity contribution is 6.30. The highest BCUT2D eigenvalue weighted by Crippen LogP contribution is 2.18.